The van der Waals surface area contributed by atoms with Crippen LogP contribution in [0.5, 0.6) is 0 Å². The first-order valence-electron chi connectivity index (χ1n) is 6.04. The van der Waals surface area contributed by atoms with E-state index in [4.69, 9.17) is 4.74 Å². The molecule has 0 bridgehead atoms. The standard InChI is InChI=1S/C14H20O2/c1-3-5-6-8-12-9-7-10-13(11-12)14(15)16-4-2/h7,9-11H,3-6,8H2,1-2H3. The van der Waals surface area contributed by atoms with Crippen LogP contribution in [0.3, 0.4) is 0 Å². The second kappa shape index (κ2) is 7.04. The Labute approximate surface area is 97.6 Å². The summed E-state index contributed by atoms with van der Waals surface area (Å²) in [6, 6.07) is 7.74. The lowest BCUT2D eigenvalue weighted by Crippen LogP contribution is -2.04. The van der Waals surface area contributed by atoms with Crippen LogP contribution in [0.4, 0.5) is 0 Å². The van der Waals surface area contributed by atoms with Crippen molar-refractivity contribution in [1.82, 2.24) is 0 Å². The fourth-order valence-corrected chi connectivity index (χ4v) is 1.65. The van der Waals surface area contributed by atoms with Crippen molar-refractivity contribution in [2.45, 2.75) is 39.5 Å². The van der Waals surface area contributed by atoms with Gasteiger partial charge < -0.3 is 4.74 Å². The first-order chi connectivity index (χ1) is 7.77. The number of hydrogen-bond donors (Lipinski definition) is 0. The second-order valence-corrected chi connectivity index (χ2v) is 3.88. The molecule has 0 amide bonds. The largest absolute Gasteiger partial charge is 0.462 e. The van der Waals surface area contributed by atoms with Crippen molar-refractivity contribution >= 4 is 5.97 Å². The molecular formula is C14H20O2. The topological polar surface area (TPSA) is 26.3 Å². The highest BCUT2D eigenvalue weighted by atomic mass is 16.5. The van der Waals surface area contributed by atoms with E-state index in [9.17, 15) is 4.79 Å². The van der Waals surface area contributed by atoms with Crippen LogP contribution in [-0.2, 0) is 11.2 Å². The summed E-state index contributed by atoms with van der Waals surface area (Å²) in [5.41, 5.74) is 1.88. The Morgan fingerprint density at radius 2 is 2.06 bits per heavy atom. The molecule has 0 saturated heterocycles. The highest BCUT2D eigenvalue weighted by Crippen LogP contribution is 2.10. The number of esters is 1. The van der Waals surface area contributed by atoms with Gasteiger partial charge >= 0.3 is 5.97 Å². The molecule has 0 aliphatic carbocycles. The van der Waals surface area contributed by atoms with Gasteiger partial charge in [0, 0.05) is 0 Å². The highest BCUT2D eigenvalue weighted by molar-refractivity contribution is 5.89. The van der Waals surface area contributed by atoms with Gasteiger partial charge in [0.05, 0.1) is 12.2 Å². The monoisotopic (exact) mass is 220 g/mol. The minimum Gasteiger partial charge on any atom is -0.462 e. The molecule has 2 heteroatoms. The average Bonchev–Trinajstić information content (AvgIpc) is 2.30. The maximum absolute atomic E-state index is 11.5. The lowest BCUT2D eigenvalue weighted by Gasteiger charge is -2.04. The van der Waals surface area contributed by atoms with Crippen molar-refractivity contribution in [2.24, 2.45) is 0 Å². The summed E-state index contributed by atoms with van der Waals surface area (Å²) >= 11 is 0. The summed E-state index contributed by atoms with van der Waals surface area (Å²) in [5.74, 6) is -0.222. The molecular weight excluding hydrogens is 200 g/mol. The van der Waals surface area contributed by atoms with Crippen molar-refractivity contribution in [2.75, 3.05) is 6.61 Å². The zero-order valence-electron chi connectivity index (χ0n) is 10.2. The molecule has 1 rings (SSSR count). The Kier molecular flexibility index (Phi) is 5.62. The Bertz CT molecular complexity index is 331. The quantitative estimate of drug-likeness (QED) is 0.541. The Morgan fingerprint density at radius 3 is 2.75 bits per heavy atom. The first kappa shape index (κ1) is 12.8. The van der Waals surface area contributed by atoms with Crippen LogP contribution in [0.15, 0.2) is 24.3 Å². The van der Waals surface area contributed by atoms with E-state index in [1.165, 1.54) is 24.8 Å². The van der Waals surface area contributed by atoms with E-state index >= 15 is 0 Å². The van der Waals surface area contributed by atoms with Gasteiger partial charge in [0.1, 0.15) is 0 Å². The Hall–Kier alpha value is -1.31. The van der Waals surface area contributed by atoms with Gasteiger partial charge in [-0.05, 0) is 37.5 Å². The predicted molar refractivity (Wildman–Crippen MR) is 65.6 cm³/mol. The van der Waals surface area contributed by atoms with Gasteiger partial charge in [0.25, 0.3) is 0 Å². The average molecular weight is 220 g/mol. The first-order valence-corrected chi connectivity index (χ1v) is 6.04. The number of ether oxygens (including phenoxy) is 1. The maximum atomic E-state index is 11.5. The lowest BCUT2D eigenvalue weighted by molar-refractivity contribution is 0.0526. The predicted octanol–water partition coefficient (Wildman–Crippen LogP) is 3.60. The summed E-state index contributed by atoms with van der Waals surface area (Å²) in [6.45, 7) is 4.44. The molecule has 0 fully saturated rings. The van der Waals surface area contributed by atoms with Gasteiger partial charge in [-0.3, -0.25) is 0 Å². The fourth-order valence-electron chi connectivity index (χ4n) is 1.65. The molecule has 0 unspecified atom stereocenters. The van der Waals surface area contributed by atoms with E-state index in [-0.39, 0.29) is 5.97 Å². The van der Waals surface area contributed by atoms with Crippen LogP contribution in [0.25, 0.3) is 0 Å². The van der Waals surface area contributed by atoms with Gasteiger partial charge in [-0.2, -0.15) is 0 Å². The number of rotatable bonds is 6. The minimum atomic E-state index is -0.222. The number of aryl methyl sites for hydroxylation is 1. The number of unbranched alkanes of at least 4 members (excludes halogenated alkanes) is 2. The van der Waals surface area contributed by atoms with E-state index in [2.05, 4.69) is 13.0 Å². The van der Waals surface area contributed by atoms with E-state index in [0.717, 1.165) is 6.42 Å². The summed E-state index contributed by atoms with van der Waals surface area (Å²) in [7, 11) is 0. The van der Waals surface area contributed by atoms with Crippen LogP contribution in [0.1, 0.15) is 49.0 Å². The molecule has 0 aliphatic rings. The summed E-state index contributed by atoms with van der Waals surface area (Å²) in [6.07, 6.45) is 4.69. The molecule has 0 saturated carbocycles. The van der Waals surface area contributed by atoms with Gasteiger partial charge in [-0.25, -0.2) is 4.79 Å². The number of hydrogen-bond acceptors (Lipinski definition) is 2. The van der Waals surface area contributed by atoms with Crippen LogP contribution >= 0.6 is 0 Å². The third kappa shape index (κ3) is 4.05. The maximum Gasteiger partial charge on any atom is 0.338 e. The highest BCUT2D eigenvalue weighted by Gasteiger charge is 2.06. The second-order valence-electron chi connectivity index (χ2n) is 3.88. The summed E-state index contributed by atoms with van der Waals surface area (Å²) in [5, 5.41) is 0. The Balaban J connectivity index is 2.60. The summed E-state index contributed by atoms with van der Waals surface area (Å²) in [4.78, 5) is 11.5. The molecule has 0 radical (unpaired) electrons. The molecule has 0 spiro atoms. The Morgan fingerprint density at radius 1 is 1.25 bits per heavy atom. The molecule has 16 heavy (non-hydrogen) atoms. The third-order valence-electron chi connectivity index (χ3n) is 2.51. The zero-order chi connectivity index (χ0) is 11.8. The normalized spacial score (nSPS) is 10.1. The van der Waals surface area contributed by atoms with Crippen molar-refractivity contribution in [1.29, 1.82) is 0 Å². The molecule has 1 aromatic rings. The van der Waals surface area contributed by atoms with Gasteiger partial charge in [0.2, 0.25) is 0 Å². The summed E-state index contributed by atoms with van der Waals surface area (Å²) < 4.78 is 4.97. The molecule has 0 aromatic heterocycles. The van der Waals surface area contributed by atoms with Gasteiger partial charge in [-0.15, -0.1) is 0 Å². The van der Waals surface area contributed by atoms with Gasteiger partial charge in [0.15, 0.2) is 0 Å². The minimum absolute atomic E-state index is 0.222. The van der Waals surface area contributed by atoms with Crippen molar-refractivity contribution < 1.29 is 9.53 Å². The zero-order valence-corrected chi connectivity index (χ0v) is 10.2. The number of carbonyl (C=O) groups is 1. The number of benzene rings is 1. The van der Waals surface area contributed by atoms with Crippen molar-refractivity contribution in [3.63, 3.8) is 0 Å². The molecule has 88 valence electrons. The van der Waals surface area contributed by atoms with E-state index in [1.54, 1.807) is 6.07 Å². The third-order valence-corrected chi connectivity index (χ3v) is 2.51. The molecule has 1 aromatic carbocycles. The lowest BCUT2D eigenvalue weighted by atomic mass is 10.0. The van der Waals surface area contributed by atoms with Crippen LogP contribution in [0.2, 0.25) is 0 Å². The van der Waals surface area contributed by atoms with E-state index < -0.39 is 0 Å². The molecule has 0 heterocycles. The van der Waals surface area contributed by atoms with Gasteiger partial charge in [-0.1, -0.05) is 31.9 Å². The van der Waals surface area contributed by atoms with Crippen LogP contribution in [0, 0.1) is 0 Å². The molecule has 0 aliphatic heterocycles. The van der Waals surface area contributed by atoms with Crippen molar-refractivity contribution in [3.8, 4) is 0 Å². The number of carbonyl (C=O) groups excluding carboxylic acids is 1. The molecule has 0 N–H and O–H groups in total. The smallest absolute Gasteiger partial charge is 0.338 e. The van der Waals surface area contributed by atoms with E-state index in [1.807, 2.05) is 19.1 Å². The molecule has 0 atom stereocenters. The van der Waals surface area contributed by atoms with Crippen LogP contribution in [-0.4, -0.2) is 12.6 Å². The van der Waals surface area contributed by atoms with Crippen LogP contribution < -0.4 is 0 Å². The SMILES string of the molecule is CCCCCc1cccc(C(=O)OCC)c1. The molecule has 2 nitrogen and oxygen atoms in total. The van der Waals surface area contributed by atoms with Crippen molar-refractivity contribution in [3.05, 3.63) is 35.4 Å². The van der Waals surface area contributed by atoms with E-state index in [0.29, 0.717) is 12.2 Å². The fraction of sp³-hybridized carbons (Fsp3) is 0.500.